The third-order valence-corrected chi connectivity index (χ3v) is 4.03. The minimum absolute atomic E-state index is 0. The molecule has 0 aliphatic heterocycles. The second kappa shape index (κ2) is 14.3. The molecule has 1 heterocycles. The highest BCUT2D eigenvalue weighted by Crippen LogP contribution is 2.09. The van der Waals surface area contributed by atoms with Crippen LogP contribution in [0.1, 0.15) is 31.9 Å². The van der Waals surface area contributed by atoms with E-state index in [1.54, 1.807) is 23.9 Å². The maximum Gasteiger partial charge on any atom is 0.190 e. The number of aliphatic imine (C=N–C) groups is 1. The van der Waals surface area contributed by atoms with Crippen LogP contribution in [0.5, 0.6) is 0 Å². The molecule has 0 saturated heterocycles. The minimum Gasteiger partial charge on any atom is -0.381 e. The van der Waals surface area contributed by atoms with Crippen LogP contribution in [-0.2, 0) is 11.2 Å². The molecule has 2 rings (SSSR count). The van der Waals surface area contributed by atoms with Gasteiger partial charge < -0.3 is 15.4 Å². The topological polar surface area (TPSA) is 63.5 Å². The Kier molecular flexibility index (Phi) is 12.5. The zero-order valence-corrected chi connectivity index (χ0v) is 19.0. The highest BCUT2D eigenvalue weighted by Gasteiger charge is 2.03. The second-order valence-corrected chi connectivity index (χ2v) is 6.22. The van der Waals surface area contributed by atoms with E-state index in [1.807, 2.05) is 12.3 Å². The Morgan fingerprint density at radius 1 is 1.11 bits per heavy atom. The Morgan fingerprint density at radius 3 is 2.54 bits per heavy atom. The average molecular weight is 503 g/mol. The fourth-order valence-electron chi connectivity index (χ4n) is 2.49. The molecule has 8 heteroatoms. The Balaban J connectivity index is 0.00000392. The molecule has 156 valence electrons. The van der Waals surface area contributed by atoms with Gasteiger partial charge in [-0.2, -0.15) is 5.10 Å². The van der Waals surface area contributed by atoms with E-state index in [1.165, 1.54) is 12.1 Å². The van der Waals surface area contributed by atoms with Gasteiger partial charge in [0, 0.05) is 46.0 Å². The number of hydrogen-bond donors (Lipinski definition) is 2. The van der Waals surface area contributed by atoms with E-state index in [-0.39, 0.29) is 29.8 Å². The van der Waals surface area contributed by atoms with Gasteiger partial charge >= 0.3 is 0 Å². The maximum atomic E-state index is 13.0. The van der Waals surface area contributed by atoms with Crippen molar-refractivity contribution in [3.8, 4) is 5.69 Å². The van der Waals surface area contributed by atoms with E-state index in [9.17, 15) is 4.39 Å². The molecular formula is C20H31FIN5O. The number of hydrogen-bond acceptors (Lipinski definition) is 3. The van der Waals surface area contributed by atoms with Crippen molar-refractivity contribution in [3.63, 3.8) is 0 Å². The molecule has 0 aliphatic rings. The van der Waals surface area contributed by atoms with Gasteiger partial charge in [-0.25, -0.2) is 9.07 Å². The van der Waals surface area contributed by atoms with Crippen LogP contribution >= 0.6 is 24.0 Å². The molecule has 0 amide bonds. The number of unbranched alkanes of at least 4 members (excludes halogenated alkanes) is 1. The lowest BCUT2D eigenvalue weighted by Gasteiger charge is -2.11. The third kappa shape index (κ3) is 9.01. The lowest BCUT2D eigenvalue weighted by atomic mass is 10.3. The number of guanidine groups is 1. The highest BCUT2D eigenvalue weighted by molar-refractivity contribution is 14.0. The number of nitrogens with one attached hydrogen (secondary N) is 2. The van der Waals surface area contributed by atoms with Crippen molar-refractivity contribution in [2.45, 2.75) is 32.6 Å². The lowest BCUT2D eigenvalue weighted by molar-refractivity contribution is 0.129. The van der Waals surface area contributed by atoms with Crippen molar-refractivity contribution in [2.24, 2.45) is 4.99 Å². The van der Waals surface area contributed by atoms with E-state index in [0.717, 1.165) is 69.3 Å². The lowest BCUT2D eigenvalue weighted by Crippen LogP contribution is -2.39. The van der Waals surface area contributed by atoms with Crippen LogP contribution in [0.4, 0.5) is 4.39 Å². The molecular weight excluding hydrogens is 472 g/mol. The van der Waals surface area contributed by atoms with Gasteiger partial charge in [-0.05, 0) is 43.2 Å². The van der Waals surface area contributed by atoms with Crippen LogP contribution in [0.2, 0.25) is 0 Å². The molecule has 1 aromatic heterocycles. The quantitative estimate of drug-likeness (QED) is 0.213. The van der Waals surface area contributed by atoms with E-state index < -0.39 is 0 Å². The average Bonchev–Trinajstić information content (AvgIpc) is 3.15. The summed E-state index contributed by atoms with van der Waals surface area (Å²) in [6, 6.07) is 8.25. The first-order valence-electron chi connectivity index (χ1n) is 9.55. The Labute approximate surface area is 184 Å². The van der Waals surface area contributed by atoms with E-state index in [4.69, 9.17) is 4.74 Å². The summed E-state index contributed by atoms with van der Waals surface area (Å²) in [6.45, 7) is 5.32. The summed E-state index contributed by atoms with van der Waals surface area (Å²) in [5, 5.41) is 11.1. The van der Waals surface area contributed by atoms with Gasteiger partial charge in [0.1, 0.15) is 5.82 Å². The summed E-state index contributed by atoms with van der Waals surface area (Å²) >= 11 is 0. The molecule has 0 radical (unpaired) electrons. The largest absolute Gasteiger partial charge is 0.381 e. The van der Waals surface area contributed by atoms with Crippen molar-refractivity contribution in [1.29, 1.82) is 0 Å². The minimum atomic E-state index is -0.248. The van der Waals surface area contributed by atoms with Crippen LogP contribution in [0.15, 0.2) is 41.5 Å². The molecule has 0 fully saturated rings. The summed E-state index contributed by atoms with van der Waals surface area (Å²) in [4.78, 5) is 4.22. The van der Waals surface area contributed by atoms with Gasteiger partial charge in [0.2, 0.25) is 0 Å². The summed E-state index contributed by atoms with van der Waals surface area (Å²) < 4.78 is 20.3. The standard InChI is InChI=1S/C20H30FN5O.HI/c1-3-4-15-27-16-5-12-23-20(22-2)24-13-10-18-11-14-26(25-18)19-8-6-17(21)7-9-19;/h6-9,11,14H,3-5,10,12-13,15-16H2,1-2H3,(H2,22,23,24);1H. The number of rotatable bonds is 11. The molecule has 0 saturated carbocycles. The summed E-state index contributed by atoms with van der Waals surface area (Å²) in [5.41, 5.74) is 1.81. The predicted octanol–water partition coefficient (Wildman–Crippen LogP) is 3.54. The molecule has 0 aliphatic carbocycles. The normalized spacial score (nSPS) is 11.2. The predicted molar refractivity (Wildman–Crippen MR) is 122 cm³/mol. The van der Waals surface area contributed by atoms with Gasteiger partial charge in [-0.3, -0.25) is 4.99 Å². The maximum absolute atomic E-state index is 13.0. The molecule has 0 bridgehead atoms. The number of aromatic nitrogens is 2. The van der Waals surface area contributed by atoms with Crippen LogP contribution in [0.3, 0.4) is 0 Å². The molecule has 0 atom stereocenters. The molecule has 0 unspecified atom stereocenters. The van der Waals surface area contributed by atoms with Crippen molar-refractivity contribution in [3.05, 3.63) is 48.0 Å². The SMILES string of the molecule is CCCCOCCCNC(=NC)NCCc1ccn(-c2ccc(F)cc2)n1.I. The highest BCUT2D eigenvalue weighted by atomic mass is 127. The van der Waals surface area contributed by atoms with Crippen LogP contribution in [0, 0.1) is 5.82 Å². The molecule has 1 aromatic carbocycles. The second-order valence-electron chi connectivity index (χ2n) is 6.22. The third-order valence-electron chi connectivity index (χ3n) is 4.03. The number of nitrogens with zero attached hydrogens (tertiary/aromatic N) is 3. The summed E-state index contributed by atoms with van der Waals surface area (Å²) in [7, 11) is 1.76. The Bertz CT molecular complexity index is 690. The fourth-order valence-corrected chi connectivity index (χ4v) is 2.49. The fraction of sp³-hybridized carbons (Fsp3) is 0.500. The van der Waals surface area contributed by atoms with Crippen molar-refractivity contribution in [2.75, 3.05) is 33.4 Å². The summed E-state index contributed by atoms with van der Waals surface area (Å²) in [6.07, 6.45) is 5.89. The zero-order chi connectivity index (χ0) is 19.3. The first kappa shape index (κ1) is 24.4. The number of benzene rings is 1. The zero-order valence-electron chi connectivity index (χ0n) is 16.7. The number of halogens is 2. The monoisotopic (exact) mass is 503 g/mol. The molecule has 2 aromatic rings. The van der Waals surface area contributed by atoms with Crippen LogP contribution in [0.25, 0.3) is 5.69 Å². The first-order chi connectivity index (χ1) is 13.2. The van der Waals surface area contributed by atoms with Gasteiger partial charge in [0.15, 0.2) is 5.96 Å². The summed E-state index contributed by atoms with van der Waals surface area (Å²) in [5.74, 6) is 0.531. The Morgan fingerprint density at radius 2 is 1.82 bits per heavy atom. The first-order valence-corrected chi connectivity index (χ1v) is 9.55. The van der Waals surface area contributed by atoms with Gasteiger partial charge in [-0.1, -0.05) is 13.3 Å². The molecule has 6 nitrogen and oxygen atoms in total. The van der Waals surface area contributed by atoms with Gasteiger partial charge in [0.05, 0.1) is 11.4 Å². The Hall–Kier alpha value is -1.68. The van der Waals surface area contributed by atoms with Crippen LogP contribution < -0.4 is 10.6 Å². The van der Waals surface area contributed by atoms with E-state index >= 15 is 0 Å². The van der Waals surface area contributed by atoms with E-state index in [0.29, 0.717) is 0 Å². The van der Waals surface area contributed by atoms with Crippen molar-refractivity contribution in [1.82, 2.24) is 20.4 Å². The van der Waals surface area contributed by atoms with Gasteiger partial charge in [0.25, 0.3) is 0 Å². The van der Waals surface area contributed by atoms with Crippen LogP contribution in [-0.4, -0.2) is 49.1 Å². The van der Waals surface area contributed by atoms with E-state index in [2.05, 4.69) is 27.6 Å². The molecule has 28 heavy (non-hydrogen) atoms. The number of ether oxygens (including phenoxy) is 1. The van der Waals surface area contributed by atoms with Crippen molar-refractivity contribution < 1.29 is 9.13 Å². The molecule has 0 spiro atoms. The smallest absolute Gasteiger partial charge is 0.190 e. The van der Waals surface area contributed by atoms with Gasteiger partial charge in [-0.15, -0.1) is 24.0 Å². The molecule has 2 N–H and O–H groups in total. The van der Waals surface area contributed by atoms with Crippen molar-refractivity contribution >= 4 is 29.9 Å².